The zero-order valence-corrected chi connectivity index (χ0v) is 17.5. The molecule has 9 nitrogen and oxygen atoms in total. The van der Waals surface area contributed by atoms with Crippen LogP contribution in [0.4, 0.5) is 0 Å². The van der Waals surface area contributed by atoms with Crippen LogP contribution in [-0.4, -0.2) is 75.4 Å². The van der Waals surface area contributed by atoms with Gasteiger partial charge in [0.1, 0.15) is 10.6 Å². The number of nitrogens with two attached hydrogens (primary N) is 1. The van der Waals surface area contributed by atoms with E-state index in [-0.39, 0.29) is 53.1 Å². The summed E-state index contributed by atoms with van der Waals surface area (Å²) in [6, 6.07) is 4.28. The Labute approximate surface area is 174 Å². The number of halogens is 1. The number of hydrogen-bond donors (Lipinski definition) is 1. The number of morpholine rings is 1. The van der Waals surface area contributed by atoms with Gasteiger partial charge in [0.05, 0.1) is 13.2 Å². The molecule has 3 rings (SSSR count). The number of ether oxygens (including phenoxy) is 2. The molecule has 0 unspecified atom stereocenters. The van der Waals surface area contributed by atoms with Crippen molar-refractivity contribution in [1.82, 2.24) is 9.21 Å². The molecule has 1 aromatic carbocycles. The predicted octanol–water partition coefficient (Wildman–Crippen LogP) is 0.464. The van der Waals surface area contributed by atoms with Crippen LogP contribution in [0.2, 0.25) is 5.02 Å². The van der Waals surface area contributed by atoms with Crippen LogP contribution >= 0.6 is 11.6 Å². The molecule has 2 aliphatic rings. The van der Waals surface area contributed by atoms with Crippen molar-refractivity contribution in [3.8, 4) is 5.75 Å². The summed E-state index contributed by atoms with van der Waals surface area (Å²) in [7, 11) is -3.84. The van der Waals surface area contributed by atoms with Crippen LogP contribution in [0.3, 0.4) is 0 Å². The summed E-state index contributed by atoms with van der Waals surface area (Å²) in [6.45, 7) is 1.62. The van der Waals surface area contributed by atoms with E-state index in [1.165, 1.54) is 22.5 Å². The van der Waals surface area contributed by atoms with Gasteiger partial charge in [0, 0.05) is 37.1 Å². The Balaban J connectivity index is 1.68. The summed E-state index contributed by atoms with van der Waals surface area (Å²) in [4.78, 5) is 25.2. The molecule has 0 aliphatic carbocycles. The Bertz CT molecular complexity index is 864. The standard InChI is InChI=1S/C18H24ClN3O6S/c19-14-1-2-15(16(11-14)29(25,26)22-7-9-27-10-8-22)28-12-17(23)21-5-3-13(4-6-21)18(20)24/h1-2,11,13H,3-10,12H2,(H2,20,24). The average Bonchev–Trinajstić information content (AvgIpc) is 2.73. The fraction of sp³-hybridized carbons (Fsp3) is 0.556. The van der Waals surface area contributed by atoms with Crippen molar-refractivity contribution in [2.75, 3.05) is 46.0 Å². The van der Waals surface area contributed by atoms with Gasteiger partial charge in [-0.1, -0.05) is 11.6 Å². The summed E-state index contributed by atoms with van der Waals surface area (Å²) in [5, 5.41) is 0.254. The van der Waals surface area contributed by atoms with Gasteiger partial charge < -0.3 is 20.1 Å². The Morgan fingerprint density at radius 1 is 1.17 bits per heavy atom. The van der Waals surface area contributed by atoms with Gasteiger partial charge in [0.15, 0.2) is 6.61 Å². The van der Waals surface area contributed by atoms with Gasteiger partial charge in [-0.25, -0.2) is 8.42 Å². The van der Waals surface area contributed by atoms with Crippen molar-refractivity contribution in [3.05, 3.63) is 23.2 Å². The molecule has 2 fully saturated rings. The normalized spacial score (nSPS) is 19.1. The number of nitrogens with zero attached hydrogens (tertiary/aromatic N) is 2. The zero-order chi connectivity index (χ0) is 21.0. The topological polar surface area (TPSA) is 119 Å². The molecule has 0 aromatic heterocycles. The monoisotopic (exact) mass is 445 g/mol. The number of rotatable bonds is 6. The molecule has 160 valence electrons. The summed E-state index contributed by atoms with van der Waals surface area (Å²) in [5.41, 5.74) is 5.31. The minimum atomic E-state index is -3.84. The largest absolute Gasteiger partial charge is 0.482 e. The van der Waals surface area contributed by atoms with Crippen LogP contribution in [0.15, 0.2) is 23.1 Å². The first-order chi connectivity index (χ1) is 13.8. The number of hydrogen-bond acceptors (Lipinski definition) is 6. The third-order valence-electron chi connectivity index (χ3n) is 5.09. The number of likely N-dealkylation sites (tertiary alicyclic amines) is 1. The minimum Gasteiger partial charge on any atom is -0.482 e. The fourth-order valence-electron chi connectivity index (χ4n) is 3.37. The second-order valence-electron chi connectivity index (χ2n) is 6.95. The molecule has 0 bridgehead atoms. The summed E-state index contributed by atoms with van der Waals surface area (Å²) in [6.07, 6.45) is 1.03. The van der Waals surface area contributed by atoms with Crippen molar-refractivity contribution in [2.45, 2.75) is 17.7 Å². The number of amides is 2. The van der Waals surface area contributed by atoms with Gasteiger partial charge in [-0.15, -0.1) is 0 Å². The van der Waals surface area contributed by atoms with Crippen LogP contribution in [0.1, 0.15) is 12.8 Å². The van der Waals surface area contributed by atoms with Gasteiger partial charge >= 0.3 is 0 Å². The number of benzene rings is 1. The number of carbonyl (C=O) groups excluding carboxylic acids is 2. The molecule has 2 heterocycles. The molecule has 0 spiro atoms. The summed E-state index contributed by atoms with van der Waals surface area (Å²) in [5.74, 6) is -0.784. The summed E-state index contributed by atoms with van der Waals surface area (Å²) >= 11 is 6.01. The van der Waals surface area contributed by atoms with Crippen molar-refractivity contribution in [1.29, 1.82) is 0 Å². The van der Waals surface area contributed by atoms with Crippen LogP contribution in [0.25, 0.3) is 0 Å². The highest BCUT2D eigenvalue weighted by molar-refractivity contribution is 7.89. The van der Waals surface area contributed by atoms with Crippen LogP contribution in [0, 0.1) is 5.92 Å². The van der Waals surface area contributed by atoms with Crippen LogP contribution in [-0.2, 0) is 24.3 Å². The highest BCUT2D eigenvalue weighted by Gasteiger charge is 2.30. The van der Waals surface area contributed by atoms with Crippen molar-refractivity contribution in [3.63, 3.8) is 0 Å². The lowest BCUT2D eigenvalue weighted by atomic mass is 9.96. The number of primary amides is 1. The Hall–Kier alpha value is -1.88. The van der Waals surface area contributed by atoms with Gasteiger partial charge in [-0.2, -0.15) is 4.31 Å². The second-order valence-corrected chi connectivity index (χ2v) is 9.30. The maximum Gasteiger partial charge on any atom is 0.260 e. The molecular formula is C18H24ClN3O6S. The Morgan fingerprint density at radius 2 is 1.83 bits per heavy atom. The molecule has 11 heteroatoms. The quantitative estimate of drug-likeness (QED) is 0.679. The molecular weight excluding hydrogens is 422 g/mol. The third kappa shape index (κ3) is 5.19. The number of piperidine rings is 1. The lowest BCUT2D eigenvalue weighted by Gasteiger charge is -2.30. The molecule has 2 N–H and O–H groups in total. The van der Waals surface area contributed by atoms with Crippen LogP contribution < -0.4 is 10.5 Å². The predicted molar refractivity (Wildman–Crippen MR) is 105 cm³/mol. The van der Waals surface area contributed by atoms with E-state index >= 15 is 0 Å². The van der Waals surface area contributed by atoms with Gasteiger partial charge in [-0.3, -0.25) is 9.59 Å². The minimum absolute atomic E-state index is 0.0706. The third-order valence-corrected chi connectivity index (χ3v) is 7.25. The maximum atomic E-state index is 13.0. The maximum absolute atomic E-state index is 13.0. The van der Waals surface area contributed by atoms with E-state index in [1.807, 2.05) is 0 Å². The molecule has 0 radical (unpaired) electrons. The van der Waals surface area contributed by atoms with E-state index < -0.39 is 10.0 Å². The lowest BCUT2D eigenvalue weighted by Crippen LogP contribution is -2.43. The van der Waals surface area contributed by atoms with Crippen molar-refractivity contribution >= 4 is 33.4 Å². The van der Waals surface area contributed by atoms with E-state index in [9.17, 15) is 18.0 Å². The van der Waals surface area contributed by atoms with Gasteiger partial charge in [0.25, 0.3) is 5.91 Å². The number of sulfonamides is 1. The van der Waals surface area contributed by atoms with E-state index in [0.717, 1.165) is 0 Å². The molecule has 29 heavy (non-hydrogen) atoms. The van der Waals surface area contributed by atoms with Crippen LogP contribution in [0.5, 0.6) is 5.75 Å². The molecule has 2 aliphatic heterocycles. The molecule has 2 amide bonds. The highest BCUT2D eigenvalue weighted by Crippen LogP contribution is 2.30. The molecule has 1 aromatic rings. The Morgan fingerprint density at radius 3 is 2.45 bits per heavy atom. The average molecular weight is 446 g/mol. The first-order valence-electron chi connectivity index (χ1n) is 9.36. The number of carbonyl (C=O) groups is 2. The van der Waals surface area contributed by atoms with E-state index in [2.05, 4.69) is 0 Å². The SMILES string of the molecule is NC(=O)C1CCN(C(=O)COc2ccc(Cl)cc2S(=O)(=O)N2CCOCC2)CC1. The first-order valence-corrected chi connectivity index (χ1v) is 11.2. The van der Waals surface area contributed by atoms with E-state index in [4.69, 9.17) is 26.8 Å². The smallest absolute Gasteiger partial charge is 0.260 e. The van der Waals surface area contributed by atoms with Gasteiger partial charge in [0.2, 0.25) is 15.9 Å². The van der Waals surface area contributed by atoms with Crippen molar-refractivity contribution < 1.29 is 27.5 Å². The lowest BCUT2D eigenvalue weighted by molar-refractivity contribution is -0.136. The Kier molecular flexibility index (Phi) is 6.99. The van der Waals surface area contributed by atoms with E-state index in [0.29, 0.717) is 39.1 Å². The molecule has 2 saturated heterocycles. The molecule has 0 atom stereocenters. The van der Waals surface area contributed by atoms with E-state index in [1.54, 1.807) is 4.90 Å². The zero-order valence-electron chi connectivity index (χ0n) is 15.9. The summed E-state index contributed by atoms with van der Waals surface area (Å²) < 4.78 is 38.1. The van der Waals surface area contributed by atoms with Gasteiger partial charge in [-0.05, 0) is 31.0 Å². The first kappa shape index (κ1) is 21.8. The molecule has 0 saturated carbocycles. The second kappa shape index (κ2) is 9.29. The fourth-order valence-corrected chi connectivity index (χ4v) is 5.17. The highest BCUT2D eigenvalue weighted by atomic mass is 35.5. The van der Waals surface area contributed by atoms with Crippen molar-refractivity contribution in [2.24, 2.45) is 11.7 Å².